The number of nitrogens with one attached hydrogen (secondary N) is 1. The summed E-state index contributed by atoms with van der Waals surface area (Å²) in [7, 11) is 0. The van der Waals surface area contributed by atoms with Crippen molar-refractivity contribution in [2.24, 2.45) is 5.41 Å². The van der Waals surface area contributed by atoms with Gasteiger partial charge in [0.2, 0.25) is 5.76 Å². The predicted octanol–water partition coefficient (Wildman–Crippen LogP) is 2.54. The number of carbonyl (C=O) groups excluding carboxylic acids is 1. The smallest absolute Gasteiger partial charge is 0.288 e. The molecule has 0 saturated heterocycles. The van der Waals surface area contributed by atoms with E-state index in [-0.39, 0.29) is 5.91 Å². The van der Waals surface area contributed by atoms with Crippen LogP contribution in [0.15, 0.2) is 10.8 Å². The summed E-state index contributed by atoms with van der Waals surface area (Å²) in [6.45, 7) is 9.00. The van der Waals surface area contributed by atoms with Crippen molar-refractivity contribution in [2.45, 2.75) is 40.5 Å². The van der Waals surface area contributed by atoms with Gasteiger partial charge in [-0.15, -0.1) is 0 Å². The van der Waals surface area contributed by atoms with Crippen LogP contribution >= 0.6 is 0 Å². The second kappa shape index (κ2) is 5.14. The fourth-order valence-corrected chi connectivity index (χ4v) is 1.42. The summed E-state index contributed by atoms with van der Waals surface area (Å²) in [6.07, 6.45) is 3.35. The molecular formula is C12H20N2O2. The molecule has 1 N–H and O–H groups in total. The lowest BCUT2D eigenvalue weighted by atomic mass is 9.91. The van der Waals surface area contributed by atoms with Crippen molar-refractivity contribution >= 4 is 5.91 Å². The van der Waals surface area contributed by atoms with E-state index in [4.69, 9.17) is 4.42 Å². The van der Waals surface area contributed by atoms with Crippen molar-refractivity contribution in [1.29, 1.82) is 0 Å². The third-order valence-electron chi connectivity index (χ3n) is 2.34. The van der Waals surface area contributed by atoms with Crippen molar-refractivity contribution in [3.05, 3.63) is 17.8 Å². The average Bonchev–Trinajstić information content (AvgIpc) is 2.57. The fraction of sp³-hybridized carbons (Fsp3) is 0.667. The highest BCUT2D eigenvalue weighted by Gasteiger charge is 2.14. The number of rotatable bonds is 4. The zero-order valence-electron chi connectivity index (χ0n) is 10.5. The second-order valence-corrected chi connectivity index (χ2v) is 5.19. The van der Waals surface area contributed by atoms with Gasteiger partial charge >= 0.3 is 0 Å². The molecule has 4 nitrogen and oxygen atoms in total. The molecule has 0 spiro atoms. The largest absolute Gasteiger partial charge is 0.438 e. The van der Waals surface area contributed by atoms with E-state index in [2.05, 4.69) is 31.1 Å². The van der Waals surface area contributed by atoms with Gasteiger partial charge in [-0.05, 0) is 25.2 Å². The van der Waals surface area contributed by atoms with Gasteiger partial charge in [-0.3, -0.25) is 4.79 Å². The van der Waals surface area contributed by atoms with E-state index in [1.165, 1.54) is 6.39 Å². The van der Waals surface area contributed by atoms with E-state index in [1.54, 1.807) is 6.92 Å². The first-order valence-corrected chi connectivity index (χ1v) is 5.58. The number of aryl methyl sites for hydroxylation is 1. The zero-order chi connectivity index (χ0) is 12.2. The number of oxazole rings is 1. The van der Waals surface area contributed by atoms with Crippen LogP contribution in [0.2, 0.25) is 0 Å². The molecule has 0 aliphatic rings. The highest BCUT2D eigenvalue weighted by molar-refractivity contribution is 5.92. The van der Waals surface area contributed by atoms with Crippen LogP contribution in [0.5, 0.6) is 0 Å². The minimum absolute atomic E-state index is 0.177. The molecule has 1 aromatic heterocycles. The Hall–Kier alpha value is -1.32. The molecule has 0 aliphatic heterocycles. The number of hydrogen-bond acceptors (Lipinski definition) is 3. The first kappa shape index (κ1) is 12.7. The van der Waals surface area contributed by atoms with Gasteiger partial charge in [0.1, 0.15) is 0 Å². The number of amides is 1. The highest BCUT2D eigenvalue weighted by atomic mass is 16.3. The molecule has 1 amide bonds. The number of aromatic nitrogens is 1. The molecule has 0 aliphatic carbocycles. The summed E-state index contributed by atoms with van der Waals surface area (Å²) in [6, 6.07) is 0. The van der Waals surface area contributed by atoms with Gasteiger partial charge < -0.3 is 9.73 Å². The molecule has 0 bridgehead atoms. The molecule has 90 valence electrons. The predicted molar refractivity (Wildman–Crippen MR) is 62.3 cm³/mol. The Morgan fingerprint density at radius 3 is 2.69 bits per heavy atom. The normalized spacial score (nSPS) is 11.5. The minimum Gasteiger partial charge on any atom is -0.438 e. The maximum absolute atomic E-state index is 11.6. The summed E-state index contributed by atoms with van der Waals surface area (Å²) in [5.41, 5.74) is 0.945. The SMILES string of the molecule is Cc1ncoc1C(=O)NCCCC(C)(C)C. The van der Waals surface area contributed by atoms with E-state index in [0.29, 0.717) is 23.4 Å². The van der Waals surface area contributed by atoms with Crippen LogP contribution in [-0.2, 0) is 0 Å². The molecule has 0 saturated carbocycles. The van der Waals surface area contributed by atoms with Crippen LogP contribution in [0.1, 0.15) is 49.9 Å². The fourth-order valence-electron chi connectivity index (χ4n) is 1.42. The Morgan fingerprint density at radius 2 is 2.19 bits per heavy atom. The Kier molecular flexibility index (Phi) is 4.10. The molecule has 0 unspecified atom stereocenters. The molecule has 4 heteroatoms. The first-order chi connectivity index (χ1) is 7.40. The van der Waals surface area contributed by atoms with Gasteiger partial charge in [0.25, 0.3) is 5.91 Å². The van der Waals surface area contributed by atoms with Crippen molar-refractivity contribution < 1.29 is 9.21 Å². The molecule has 1 rings (SSSR count). The molecule has 0 atom stereocenters. The maximum Gasteiger partial charge on any atom is 0.288 e. The molecule has 1 aromatic rings. The van der Waals surface area contributed by atoms with Crippen LogP contribution < -0.4 is 5.32 Å². The van der Waals surface area contributed by atoms with Crippen LogP contribution in [-0.4, -0.2) is 17.4 Å². The van der Waals surface area contributed by atoms with Gasteiger partial charge in [0.15, 0.2) is 6.39 Å². The van der Waals surface area contributed by atoms with E-state index >= 15 is 0 Å². The summed E-state index contributed by atoms with van der Waals surface area (Å²) in [5, 5.41) is 2.83. The first-order valence-electron chi connectivity index (χ1n) is 5.58. The third-order valence-corrected chi connectivity index (χ3v) is 2.34. The molecule has 1 heterocycles. The Morgan fingerprint density at radius 1 is 1.50 bits per heavy atom. The van der Waals surface area contributed by atoms with E-state index in [0.717, 1.165) is 12.8 Å². The van der Waals surface area contributed by atoms with Gasteiger partial charge in [-0.2, -0.15) is 0 Å². The topological polar surface area (TPSA) is 55.1 Å². The van der Waals surface area contributed by atoms with E-state index in [9.17, 15) is 4.79 Å². The third kappa shape index (κ3) is 4.04. The molecule has 0 radical (unpaired) electrons. The van der Waals surface area contributed by atoms with Gasteiger partial charge in [0.05, 0.1) is 5.69 Å². The van der Waals surface area contributed by atoms with Crippen molar-refractivity contribution in [2.75, 3.05) is 6.54 Å². The van der Waals surface area contributed by atoms with Gasteiger partial charge in [0, 0.05) is 6.54 Å². The molecular weight excluding hydrogens is 204 g/mol. The van der Waals surface area contributed by atoms with Crippen LogP contribution in [0.4, 0.5) is 0 Å². The lowest BCUT2D eigenvalue weighted by Crippen LogP contribution is -2.25. The van der Waals surface area contributed by atoms with Gasteiger partial charge in [-0.1, -0.05) is 20.8 Å². The van der Waals surface area contributed by atoms with Crippen molar-refractivity contribution in [3.8, 4) is 0 Å². The van der Waals surface area contributed by atoms with Crippen LogP contribution in [0, 0.1) is 12.3 Å². The highest BCUT2D eigenvalue weighted by Crippen LogP contribution is 2.19. The average molecular weight is 224 g/mol. The summed E-state index contributed by atoms with van der Waals surface area (Å²) in [5.74, 6) is 0.139. The lowest BCUT2D eigenvalue weighted by Gasteiger charge is -2.17. The van der Waals surface area contributed by atoms with Crippen LogP contribution in [0.25, 0.3) is 0 Å². The van der Waals surface area contributed by atoms with Crippen molar-refractivity contribution in [3.63, 3.8) is 0 Å². The van der Waals surface area contributed by atoms with Gasteiger partial charge in [-0.25, -0.2) is 4.98 Å². The molecule has 16 heavy (non-hydrogen) atoms. The Balaban J connectivity index is 2.29. The zero-order valence-corrected chi connectivity index (χ0v) is 10.5. The minimum atomic E-state index is -0.177. The summed E-state index contributed by atoms with van der Waals surface area (Å²) >= 11 is 0. The molecule has 0 fully saturated rings. The van der Waals surface area contributed by atoms with E-state index < -0.39 is 0 Å². The Labute approximate surface area is 96.4 Å². The quantitative estimate of drug-likeness (QED) is 0.799. The summed E-state index contributed by atoms with van der Waals surface area (Å²) < 4.78 is 5.00. The second-order valence-electron chi connectivity index (χ2n) is 5.19. The standard InChI is InChI=1S/C12H20N2O2/c1-9-10(16-8-14-9)11(15)13-7-5-6-12(2,3)4/h8H,5-7H2,1-4H3,(H,13,15). The molecule has 0 aromatic carbocycles. The number of hydrogen-bond donors (Lipinski definition) is 1. The van der Waals surface area contributed by atoms with Crippen LogP contribution in [0.3, 0.4) is 0 Å². The van der Waals surface area contributed by atoms with E-state index in [1.807, 2.05) is 0 Å². The summed E-state index contributed by atoms with van der Waals surface area (Å²) in [4.78, 5) is 15.5. The van der Waals surface area contributed by atoms with Crippen molar-refractivity contribution in [1.82, 2.24) is 10.3 Å². The lowest BCUT2D eigenvalue weighted by molar-refractivity contribution is 0.0923. The Bertz CT molecular complexity index is 350. The monoisotopic (exact) mass is 224 g/mol. The maximum atomic E-state index is 11.6. The number of nitrogens with zero attached hydrogens (tertiary/aromatic N) is 1. The number of carbonyl (C=O) groups is 1.